The number of hydrogen-bond donors (Lipinski definition) is 2. The zero-order valence-corrected chi connectivity index (χ0v) is 10.8. The summed E-state index contributed by atoms with van der Waals surface area (Å²) in [7, 11) is -1.94. The van der Waals surface area contributed by atoms with Gasteiger partial charge < -0.3 is 5.73 Å². The molecule has 0 aliphatic heterocycles. The van der Waals surface area contributed by atoms with E-state index in [1.54, 1.807) is 20.2 Å². The van der Waals surface area contributed by atoms with Crippen LogP contribution in [-0.2, 0) is 17.1 Å². The van der Waals surface area contributed by atoms with Gasteiger partial charge in [0.1, 0.15) is 10.7 Å². The quantitative estimate of drug-likeness (QED) is 0.843. The molecule has 2 aromatic heterocycles. The largest absolute Gasteiger partial charge is 0.384 e. The van der Waals surface area contributed by atoms with Crippen molar-refractivity contribution in [3.8, 4) is 0 Å². The molecule has 0 fully saturated rings. The summed E-state index contributed by atoms with van der Waals surface area (Å²) >= 11 is 0. The fourth-order valence-electron chi connectivity index (χ4n) is 1.45. The van der Waals surface area contributed by atoms with Crippen molar-refractivity contribution in [1.82, 2.24) is 14.8 Å². The second-order valence-electron chi connectivity index (χ2n) is 3.83. The number of nitrogens with two attached hydrogens (primary N) is 1. The van der Waals surface area contributed by atoms with Gasteiger partial charge in [-0.25, -0.2) is 13.4 Å². The molecule has 0 spiro atoms. The minimum absolute atomic E-state index is 0.0555. The van der Waals surface area contributed by atoms with E-state index in [0.29, 0.717) is 11.4 Å². The van der Waals surface area contributed by atoms with Gasteiger partial charge in [0, 0.05) is 19.4 Å². The SMILES string of the molecule is Cc1nn(C)cc1NS(=O)(=O)c1ccc(N)nc1. The molecule has 2 rings (SSSR count). The van der Waals surface area contributed by atoms with Gasteiger partial charge in [-0.3, -0.25) is 9.40 Å². The molecule has 3 N–H and O–H groups in total. The first-order valence-electron chi connectivity index (χ1n) is 5.13. The highest BCUT2D eigenvalue weighted by molar-refractivity contribution is 7.92. The molecule has 0 unspecified atom stereocenters. The molecule has 2 heterocycles. The molecule has 0 aromatic carbocycles. The molecule has 2 aromatic rings. The van der Waals surface area contributed by atoms with E-state index in [9.17, 15) is 8.42 Å². The third-order valence-corrected chi connectivity index (χ3v) is 3.68. The van der Waals surface area contributed by atoms with Gasteiger partial charge in [-0.05, 0) is 19.1 Å². The highest BCUT2D eigenvalue weighted by atomic mass is 32.2. The Hall–Kier alpha value is -2.09. The van der Waals surface area contributed by atoms with Crippen LogP contribution in [0.4, 0.5) is 11.5 Å². The van der Waals surface area contributed by atoms with Crippen LogP contribution in [0.15, 0.2) is 29.4 Å². The summed E-state index contributed by atoms with van der Waals surface area (Å²) in [6, 6.07) is 2.83. The number of nitrogens with one attached hydrogen (secondary N) is 1. The molecule has 0 amide bonds. The third kappa shape index (κ3) is 2.43. The number of aromatic nitrogens is 3. The van der Waals surface area contributed by atoms with Crippen LogP contribution in [0.25, 0.3) is 0 Å². The zero-order chi connectivity index (χ0) is 13.3. The lowest BCUT2D eigenvalue weighted by atomic mass is 10.4. The van der Waals surface area contributed by atoms with Crippen molar-refractivity contribution >= 4 is 21.5 Å². The van der Waals surface area contributed by atoms with E-state index in [-0.39, 0.29) is 10.7 Å². The van der Waals surface area contributed by atoms with Gasteiger partial charge in [0.25, 0.3) is 10.0 Å². The lowest BCUT2D eigenvalue weighted by Gasteiger charge is -2.06. The first-order valence-corrected chi connectivity index (χ1v) is 6.61. The summed E-state index contributed by atoms with van der Waals surface area (Å²) in [6.45, 7) is 1.72. The van der Waals surface area contributed by atoms with Crippen molar-refractivity contribution in [3.05, 3.63) is 30.2 Å². The Bertz CT molecular complexity index is 660. The second kappa shape index (κ2) is 4.30. The fraction of sp³-hybridized carbons (Fsp3) is 0.200. The Morgan fingerprint density at radius 1 is 1.39 bits per heavy atom. The highest BCUT2D eigenvalue weighted by Gasteiger charge is 2.16. The van der Waals surface area contributed by atoms with Crippen molar-refractivity contribution in [3.63, 3.8) is 0 Å². The van der Waals surface area contributed by atoms with Crippen molar-refractivity contribution < 1.29 is 8.42 Å². The Balaban J connectivity index is 2.33. The minimum atomic E-state index is -3.66. The number of hydrogen-bond acceptors (Lipinski definition) is 5. The molecule has 96 valence electrons. The second-order valence-corrected chi connectivity index (χ2v) is 5.51. The van der Waals surface area contributed by atoms with E-state index >= 15 is 0 Å². The van der Waals surface area contributed by atoms with Crippen LogP contribution in [0.5, 0.6) is 0 Å². The lowest BCUT2D eigenvalue weighted by molar-refractivity contribution is 0.601. The Labute approximate surface area is 105 Å². The Morgan fingerprint density at radius 2 is 2.11 bits per heavy atom. The first-order chi connectivity index (χ1) is 8.38. The van der Waals surface area contributed by atoms with E-state index in [1.165, 1.54) is 23.0 Å². The molecular formula is C10H13N5O2S. The smallest absolute Gasteiger partial charge is 0.263 e. The zero-order valence-electron chi connectivity index (χ0n) is 9.95. The maximum absolute atomic E-state index is 12.0. The first kappa shape index (κ1) is 12.4. The maximum atomic E-state index is 12.0. The van der Waals surface area contributed by atoms with Crippen molar-refractivity contribution in [2.75, 3.05) is 10.5 Å². The highest BCUT2D eigenvalue weighted by Crippen LogP contribution is 2.18. The van der Waals surface area contributed by atoms with E-state index < -0.39 is 10.0 Å². The average molecular weight is 267 g/mol. The monoisotopic (exact) mass is 267 g/mol. The Morgan fingerprint density at radius 3 is 2.61 bits per heavy atom. The summed E-state index contributed by atoms with van der Waals surface area (Å²) in [6.07, 6.45) is 2.81. The normalized spacial score (nSPS) is 11.4. The molecule has 0 radical (unpaired) electrons. The number of sulfonamides is 1. The summed E-state index contributed by atoms with van der Waals surface area (Å²) < 4.78 is 28.1. The van der Waals surface area contributed by atoms with Gasteiger partial charge in [-0.15, -0.1) is 0 Å². The van der Waals surface area contributed by atoms with E-state index in [0.717, 1.165) is 0 Å². The molecule has 0 saturated heterocycles. The molecule has 0 aliphatic rings. The van der Waals surface area contributed by atoms with Crippen molar-refractivity contribution in [2.45, 2.75) is 11.8 Å². The maximum Gasteiger partial charge on any atom is 0.263 e. The number of pyridine rings is 1. The Kier molecular flexibility index (Phi) is 2.95. The average Bonchev–Trinajstić information content (AvgIpc) is 2.57. The minimum Gasteiger partial charge on any atom is -0.384 e. The summed E-state index contributed by atoms with van der Waals surface area (Å²) in [4.78, 5) is 3.81. The van der Waals surface area contributed by atoms with Crippen molar-refractivity contribution in [1.29, 1.82) is 0 Å². The summed E-state index contributed by atoms with van der Waals surface area (Å²) in [5, 5.41) is 4.06. The van der Waals surface area contributed by atoms with Crippen LogP contribution in [0.1, 0.15) is 5.69 Å². The predicted molar refractivity (Wildman–Crippen MR) is 67.4 cm³/mol. The number of rotatable bonds is 3. The molecule has 0 aliphatic carbocycles. The molecule has 0 bridgehead atoms. The van der Waals surface area contributed by atoms with Crippen LogP contribution in [0, 0.1) is 6.92 Å². The molecule has 0 saturated carbocycles. The van der Waals surface area contributed by atoms with E-state index in [4.69, 9.17) is 5.73 Å². The number of aryl methyl sites for hydroxylation is 2. The van der Waals surface area contributed by atoms with Gasteiger partial charge in [0.2, 0.25) is 0 Å². The van der Waals surface area contributed by atoms with Crippen molar-refractivity contribution in [2.24, 2.45) is 7.05 Å². The van der Waals surface area contributed by atoms with Gasteiger partial charge in [0.15, 0.2) is 0 Å². The van der Waals surface area contributed by atoms with Crippen LogP contribution in [0.2, 0.25) is 0 Å². The molecule has 18 heavy (non-hydrogen) atoms. The lowest BCUT2D eigenvalue weighted by Crippen LogP contribution is -2.13. The predicted octanol–water partition coefficient (Wildman–Crippen LogP) is 0.507. The standard InChI is InChI=1S/C10H13N5O2S/c1-7-9(6-15(2)13-7)14-18(16,17)8-3-4-10(11)12-5-8/h3-6,14H,1-2H3,(H2,11,12). The number of anilines is 2. The van der Waals surface area contributed by atoms with Gasteiger partial charge in [-0.1, -0.05) is 0 Å². The van der Waals surface area contributed by atoms with Gasteiger partial charge in [0.05, 0.1) is 11.4 Å². The van der Waals surface area contributed by atoms with Gasteiger partial charge >= 0.3 is 0 Å². The summed E-state index contributed by atoms with van der Waals surface area (Å²) in [5.74, 6) is 0.270. The topological polar surface area (TPSA) is 103 Å². The van der Waals surface area contributed by atoms with Gasteiger partial charge in [-0.2, -0.15) is 5.10 Å². The third-order valence-electron chi connectivity index (χ3n) is 2.33. The van der Waals surface area contributed by atoms with Crippen LogP contribution >= 0.6 is 0 Å². The number of nitrogens with zero attached hydrogens (tertiary/aromatic N) is 3. The summed E-state index contributed by atoms with van der Waals surface area (Å²) in [5.41, 5.74) is 6.45. The van der Waals surface area contributed by atoms with Crippen LogP contribution in [0.3, 0.4) is 0 Å². The fourth-order valence-corrected chi connectivity index (χ4v) is 2.50. The van der Waals surface area contributed by atoms with Crippen LogP contribution < -0.4 is 10.5 Å². The molecule has 8 heteroatoms. The van der Waals surface area contributed by atoms with E-state index in [2.05, 4.69) is 14.8 Å². The molecule has 7 nitrogen and oxygen atoms in total. The van der Waals surface area contributed by atoms with E-state index in [1.807, 2.05) is 0 Å². The molecule has 0 atom stereocenters. The number of nitrogen functional groups attached to an aromatic ring is 1. The van der Waals surface area contributed by atoms with Crippen LogP contribution in [-0.4, -0.2) is 23.2 Å². The molecular weight excluding hydrogens is 254 g/mol.